The topological polar surface area (TPSA) is 80.9 Å². The Hall–Kier alpha value is -2.61. The maximum atomic E-state index is 12.8. The second-order valence-corrected chi connectivity index (χ2v) is 5.31. The van der Waals surface area contributed by atoms with Crippen LogP contribution in [0.4, 0.5) is 4.39 Å². The molecule has 0 radical (unpaired) electrons. The van der Waals surface area contributed by atoms with E-state index in [9.17, 15) is 9.18 Å². The van der Waals surface area contributed by atoms with E-state index in [4.69, 9.17) is 4.42 Å². The van der Waals surface area contributed by atoms with Gasteiger partial charge in [-0.15, -0.1) is 21.5 Å². The highest BCUT2D eigenvalue weighted by atomic mass is 32.1. The normalized spacial score (nSPS) is 10.6. The van der Waals surface area contributed by atoms with Crippen molar-refractivity contribution in [2.24, 2.45) is 0 Å². The quantitative estimate of drug-likeness (QED) is 0.799. The molecule has 1 amide bonds. The summed E-state index contributed by atoms with van der Waals surface area (Å²) in [5.41, 5.74) is 2.88. The highest BCUT2D eigenvalue weighted by molar-refractivity contribution is 7.13. The molecule has 6 nitrogen and oxygen atoms in total. The summed E-state index contributed by atoms with van der Waals surface area (Å²) in [6.45, 7) is 1.95. The number of carbonyl (C=O) groups is 1. The molecule has 0 atom stereocenters. The number of nitrogens with zero attached hydrogens (tertiary/aromatic N) is 3. The Bertz CT molecular complexity index is 797. The number of hydrogen-bond donors (Lipinski definition) is 1. The summed E-state index contributed by atoms with van der Waals surface area (Å²) in [7, 11) is 0. The molecule has 0 fully saturated rings. The van der Waals surface area contributed by atoms with Crippen molar-refractivity contribution in [3.63, 3.8) is 0 Å². The molecule has 0 aliphatic rings. The van der Waals surface area contributed by atoms with E-state index in [1.807, 2.05) is 6.92 Å². The van der Waals surface area contributed by atoms with Crippen molar-refractivity contribution < 1.29 is 13.6 Å². The largest absolute Gasteiger partial charge is 0.418 e. The molecule has 1 N–H and O–H groups in total. The SMILES string of the molecule is Cc1ncsc1-c1nnc(CNC(=O)c2ccc(F)cc2)o1. The molecule has 2 aromatic heterocycles. The Morgan fingerprint density at radius 1 is 1.32 bits per heavy atom. The zero-order chi connectivity index (χ0) is 15.5. The average Bonchev–Trinajstić information content (AvgIpc) is 3.14. The van der Waals surface area contributed by atoms with Gasteiger partial charge in [0, 0.05) is 5.56 Å². The molecule has 0 bridgehead atoms. The number of rotatable bonds is 4. The summed E-state index contributed by atoms with van der Waals surface area (Å²) in [5, 5.41) is 10.5. The summed E-state index contributed by atoms with van der Waals surface area (Å²) in [5.74, 6) is -0.0592. The lowest BCUT2D eigenvalue weighted by atomic mass is 10.2. The van der Waals surface area contributed by atoms with Gasteiger partial charge in [-0.3, -0.25) is 4.79 Å². The Balaban J connectivity index is 1.65. The maximum absolute atomic E-state index is 12.8. The van der Waals surface area contributed by atoms with E-state index in [1.165, 1.54) is 35.6 Å². The zero-order valence-electron chi connectivity index (χ0n) is 11.5. The van der Waals surface area contributed by atoms with Crippen LogP contribution in [0.1, 0.15) is 21.9 Å². The summed E-state index contributed by atoms with van der Waals surface area (Å²) >= 11 is 1.41. The smallest absolute Gasteiger partial charge is 0.259 e. The second kappa shape index (κ2) is 6.02. The van der Waals surface area contributed by atoms with Gasteiger partial charge >= 0.3 is 0 Å². The predicted molar refractivity (Wildman–Crippen MR) is 77.7 cm³/mol. The minimum atomic E-state index is -0.391. The van der Waals surface area contributed by atoms with E-state index in [1.54, 1.807) is 5.51 Å². The molecule has 8 heteroatoms. The van der Waals surface area contributed by atoms with Crippen molar-refractivity contribution in [1.82, 2.24) is 20.5 Å². The Kier molecular flexibility index (Phi) is 3.92. The van der Waals surface area contributed by atoms with Gasteiger partial charge in [0.15, 0.2) is 0 Å². The van der Waals surface area contributed by atoms with Crippen LogP contribution in [-0.4, -0.2) is 21.1 Å². The molecule has 22 heavy (non-hydrogen) atoms. The molecule has 0 saturated carbocycles. The van der Waals surface area contributed by atoms with Crippen LogP contribution in [0.25, 0.3) is 10.8 Å². The Labute approximate surface area is 129 Å². The second-order valence-electron chi connectivity index (χ2n) is 4.46. The average molecular weight is 318 g/mol. The van der Waals surface area contributed by atoms with Crippen LogP contribution in [-0.2, 0) is 6.54 Å². The number of benzene rings is 1. The van der Waals surface area contributed by atoms with Crippen LogP contribution >= 0.6 is 11.3 Å². The molecule has 0 aliphatic carbocycles. The first-order valence-electron chi connectivity index (χ1n) is 6.40. The van der Waals surface area contributed by atoms with Gasteiger partial charge < -0.3 is 9.73 Å². The van der Waals surface area contributed by atoms with E-state index >= 15 is 0 Å². The minimum absolute atomic E-state index is 0.0983. The Morgan fingerprint density at radius 2 is 2.09 bits per heavy atom. The van der Waals surface area contributed by atoms with Crippen molar-refractivity contribution in [3.05, 3.63) is 52.7 Å². The van der Waals surface area contributed by atoms with Crippen LogP contribution in [0.15, 0.2) is 34.2 Å². The van der Waals surface area contributed by atoms with Crippen molar-refractivity contribution in [3.8, 4) is 10.8 Å². The van der Waals surface area contributed by atoms with E-state index in [-0.39, 0.29) is 12.5 Å². The number of nitrogens with one attached hydrogen (secondary N) is 1. The van der Waals surface area contributed by atoms with Gasteiger partial charge in [0.25, 0.3) is 11.8 Å². The zero-order valence-corrected chi connectivity index (χ0v) is 12.4. The molecule has 0 aliphatic heterocycles. The van der Waals surface area contributed by atoms with Gasteiger partial charge in [0.05, 0.1) is 17.7 Å². The van der Waals surface area contributed by atoms with Gasteiger partial charge in [0.1, 0.15) is 10.7 Å². The molecule has 112 valence electrons. The summed E-state index contributed by atoms with van der Waals surface area (Å²) < 4.78 is 18.3. The molecule has 2 heterocycles. The first-order chi connectivity index (χ1) is 10.6. The molecular weight excluding hydrogens is 307 g/mol. The number of aromatic nitrogens is 3. The number of carbonyl (C=O) groups excluding carboxylic acids is 1. The fraction of sp³-hybridized carbons (Fsp3) is 0.143. The number of thiazole rings is 1. The monoisotopic (exact) mass is 318 g/mol. The number of amides is 1. The minimum Gasteiger partial charge on any atom is -0.418 e. The number of halogens is 1. The summed E-state index contributed by atoms with van der Waals surface area (Å²) in [6, 6.07) is 5.27. The predicted octanol–water partition coefficient (Wildman–Crippen LogP) is 2.57. The molecule has 1 aromatic carbocycles. The highest BCUT2D eigenvalue weighted by Crippen LogP contribution is 2.25. The fourth-order valence-electron chi connectivity index (χ4n) is 1.78. The first-order valence-corrected chi connectivity index (χ1v) is 7.28. The lowest BCUT2D eigenvalue weighted by Gasteiger charge is -2.02. The lowest BCUT2D eigenvalue weighted by Crippen LogP contribution is -2.22. The third-order valence-corrected chi connectivity index (χ3v) is 3.83. The van der Waals surface area contributed by atoms with E-state index in [0.29, 0.717) is 17.3 Å². The van der Waals surface area contributed by atoms with E-state index < -0.39 is 5.82 Å². The van der Waals surface area contributed by atoms with Crippen LogP contribution in [0.5, 0.6) is 0 Å². The van der Waals surface area contributed by atoms with Gasteiger partial charge in [-0.1, -0.05) is 0 Å². The molecule has 0 saturated heterocycles. The first kappa shape index (κ1) is 14.3. The van der Waals surface area contributed by atoms with Gasteiger partial charge in [-0.25, -0.2) is 9.37 Å². The third-order valence-electron chi connectivity index (χ3n) is 2.91. The number of hydrogen-bond acceptors (Lipinski definition) is 6. The van der Waals surface area contributed by atoms with Crippen LogP contribution in [0.3, 0.4) is 0 Å². The van der Waals surface area contributed by atoms with Crippen molar-refractivity contribution in [2.45, 2.75) is 13.5 Å². The van der Waals surface area contributed by atoms with Crippen molar-refractivity contribution in [1.29, 1.82) is 0 Å². The fourth-order valence-corrected chi connectivity index (χ4v) is 2.51. The number of aryl methyl sites for hydroxylation is 1. The van der Waals surface area contributed by atoms with Crippen molar-refractivity contribution >= 4 is 17.2 Å². The Morgan fingerprint density at radius 3 is 2.77 bits per heavy atom. The van der Waals surface area contributed by atoms with Crippen LogP contribution in [0.2, 0.25) is 0 Å². The summed E-state index contributed by atoms with van der Waals surface area (Å²) in [6.07, 6.45) is 0. The van der Waals surface area contributed by atoms with Crippen LogP contribution < -0.4 is 5.32 Å². The lowest BCUT2D eigenvalue weighted by molar-refractivity contribution is 0.0947. The van der Waals surface area contributed by atoms with Crippen molar-refractivity contribution in [2.75, 3.05) is 0 Å². The van der Waals surface area contributed by atoms with E-state index in [2.05, 4.69) is 20.5 Å². The molecule has 3 aromatic rings. The van der Waals surface area contributed by atoms with E-state index in [0.717, 1.165) is 10.6 Å². The highest BCUT2D eigenvalue weighted by Gasteiger charge is 2.14. The van der Waals surface area contributed by atoms with Gasteiger partial charge in [-0.05, 0) is 31.2 Å². The molecule has 0 unspecified atom stereocenters. The van der Waals surface area contributed by atoms with Crippen LogP contribution in [0, 0.1) is 12.7 Å². The van der Waals surface area contributed by atoms with Gasteiger partial charge in [-0.2, -0.15) is 0 Å². The van der Waals surface area contributed by atoms with Gasteiger partial charge in [0.2, 0.25) is 5.89 Å². The molecular formula is C14H11FN4O2S. The standard InChI is InChI=1S/C14H11FN4O2S/c1-8-12(22-7-17-8)14-19-18-11(21-14)6-16-13(20)9-2-4-10(15)5-3-9/h2-5,7H,6H2,1H3,(H,16,20). The molecule has 3 rings (SSSR count). The summed E-state index contributed by atoms with van der Waals surface area (Å²) in [4.78, 5) is 16.8. The maximum Gasteiger partial charge on any atom is 0.259 e. The molecule has 0 spiro atoms. The third kappa shape index (κ3) is 3.01.